The van der Waals surface area contributed by atoms with Crippen LogP contribution >= 0.6 is 0 Å². The topological polar surface area (TPSA) is 95.5 Å². The standard InChI is InChI=1S/C24H24N6O2/c1-4-22(31)29-10-8-24(3,9-11-29)28-21-7-6-17(14-26-21)20-12-19(32-5-2)16-30-23(20)18(13-25)15-27-30/h1,6-7,12,14-16H,5,8-11H2,2-3H3,(H,26,28). The van der Waals surface area contributed by atoms with Gasteiger partial charge in [0.2, 0.25) is 0 Å². The smallest absolute Gasteiger partial charge is 0.298 e. The highest BCUT2D eigenvalue weighted by Crippen LogP contribution is 2.32. The largest absolute Gasteiger partial charge is 0.492 e. The first-order valence-corrected chi connectivity index (χ1v) is 10.5. The minimum Gasteiger partial charge on any atom is -0.492 e. The third kappa shape index (κ3) is 4.08. The number of hydrogen-bond acceptors (Lipinski definition) is 6. The van der Waals surface area contributed by atoms with Crippen LogP contribution in [0.2, 0.25) is 0 Å². The number of carbonyl (C=O) groups excluding carboxylic acids is 1. The van der Waals surface area contributed by atoms with Crippen molar-refractivity contribution >= 4 is 17.2 Å². The van der Waals surface area contributed by atoms with Gasteiger partial charge >= 0.3 is 0 Å². The van der Waals surface area contributed by atoms with E-state index in [9.17, 15) is 10.1 Å². The predicted molar refractivity (Wildman–Crippen MR) is 121 cm³/mol. The molecule has 8 heteroatoms. The lowest BCUT2D eigenvalue weighted by Gasteiger charge is -2.39. The van der Waals surface area contributed by atoms with Gasteiger partial charge in [-0.3, -0.25) is 4.79 Å². The average molecular weight is 428 g/mol. The third-order valence-corrected chi connectivity index (χ3v) is 5.80. The summed E-state index contributed by atoms with van der Waals surface area (Å²) in [6, 6.07) is 8.00. The summed E-state index contributed by atoms with van der Waals surface area (Å²) in [7, 11) is 0. The quantitative estimate of drug-likeness (QED) is 0.628. The van der Waals surface area contributed by atoms with Crippen LogP contribution in [0.4, 0.5) is 5.82 Å². The first-order valence-electron chi connectivity index (χ1n) is 10.5. The molecule has 4 rings (SSSR count). The van der Waals surface area contributed by atoms with Crippen LogP contribution in [0.5, 0.6) is 5.75 Å². The van der Waals surface area contributed by atoms with Crippen LogP contribution in [-0.2, 0) is 4.79 Å². The first kappa shape index (κ1) is 21.2. The second-order valence-corrected chi connectivity index (χ2v) is 8.04. The molecule has 0 radical (unpaired) electrons. The second kappa shape index (κ2) is 8.60. The van der Waals surface area contributed by atoms with Crippen LogP contribution < -0.4 is 10.1 Å². The maximum absolute atomic E-state index is 11.7. The van der Waals surface area contributed by atoms with Crippen molar-refractivity contribution in [1.82, 2.24) is 19.5 Å². The Kier molecular flexibility index (Phi) is 5.70. The van der Waals surface area contributed by atoms with Crippen LogP contribution in [0, 0.1) is 23.7 Å². The van der Waals surface area contributed by atoms with E-state index in [4.69, 9.17) is 11.2 Å². The Bertz CT molecular complexity index is 1220. The summed E-state index contributed by atoms with van der Waals surface area (Å²) in [5, 5.41) is 17.3. The van der Waals surface area contributed by atoms with E-state index in [1.807, 2.05) is 25.1 Å². The number of carbonyl (C=O) groups is 1. The van der Waals surface area contributed by atoms with E-state index in [1.54, 1.807) is 28.0 Å². The number of nitriles is 1. The summed E-state index contributed by atoms with van der Waals surface area (Å²) in [5.74, 6) is 3.35. The van der Waals surface area contributed by atoms with Gasteiger partial charge < -0.3 is 15.0 Å². The molecule has 1 saturated heterocycles. The Labute approximate surface area is 186 Å². The van der Waals surface area contributed by atoms with Crippen molar-refractivity contribution in [3.8, 4) is 35.3 Å². The highest BCUT2D eigenvalue weighted by atomic mass is 16.5. The highest BCUT2D eigenvalue weighted by molar-refractivity contribution is 5.93. The summed E-state index contributed by atoms with van der Waals surface area (Å²) in [6.45, 7) is 5.81. The van der Waals surface area contributed by atoms with Gasteiger partial charge in [0, 0.05) is 36.0 Å². The lowest BCUT2D eigenvalue weighted by Crippen LogP contribution is -2.48. The molecule has 1 amide bonds. The molecule has 4 heterocycles. The lowest BCUT2D eigenvalue weighted by molar-refractivity contribution is -0.126. The van der Waals surface area contributed by atoms with Gasteiger partial charge in [-0.25, -0.2) is 9.50 Å². The molecule has 0 saturated carbocycles. The molecule has 162 valence electrons. The van der Waals surface area contributed by atoms with Crippen LogP contribution in [0.15, 0.2) is 36.8 Å². The molecule has 0 aromatic carbocycles. The summed E-state index contributed by atoms with van der Waals surface area (Å²) in [6.07, 6.45) is 11.9. The summed E-state index contributed by atoms with van der Waals surface area (Å²) in [4.78, 5) is 18.0. The van der Waals surface area contributed by atoms with Gasteiger partial charge in [-0.2, -0.15) is 10.4 Å². The zero-order chi connectivity index (χ0) is 22.7. The molecule has 3 aromatic rings. The Hall–Kier alpha value is -4.04. The van der Waals surface area contributed by atoms with E-state index in [2.05, 4.69) is 34.3 Å². The van der Waals surface area contributed by atoms with E-state index in [0.29, 0.717) is 31.0 Å². The molecule has 3 aromatic heterocycles. The van der Waals surface area contributed by atoms with E-state index in [0.717, 1.165) is 35.3 Å². The lowest BCUT2D eigenvalue weighted by atomic mass is 9.89. The number of piperidine rings is 1. The monoisotopic (exact) mass is 428 g/mol. The van der Waals surface area contributed by atoms with Crippen LogP contribution in [-0.4, -0.2) is 50.6 Å². The number of pyridine rings is 2. The number of amides is 1. The van der Waals surface area contributed by atoms with Gasteiger partial charge in [-0.15, -0.1) is 6.42 Å². The number of fused-ring (bicyclic) bond motifs is 1. The van der Waals surface area contributed by atoms with E-state index in [1.165, 1.54) is 0 Å². The molecular formula is C24H24N6O2. The van der Waals surface area contributed by atoms with Crippen LogP contribution in [0.3, 0.4) is 0 Å². The SMILES string of the molecule is C#CC(=O)N1CCC(C)(Nc2ccc(-c3cc(OCC)cn4ncc(C#N)c34)cn2)CC1. The minimum absolute atomic E-state index is 0.179. The van der Waals surface area contributed by atoms with Gasteiger partial charge in [0.1, 0.15) is 17.6 Å². The molecule has 1 N–H and O–H groups in total. The Morgan fingerprint density at radius 3 is 2.75 bits per heavy atom. The molecular weight excluding hydrogens is 404 g/mol. The van der Waals surface area contributed by atoms with Gasteiger partial charge in [0.25, 0.3) is 5.91 Å². The number of terminal acetylenes is 1. The molecule has 1 aliphatic rings. The number of ether oxygens (including phenoxy) is 1. The first-order chi connectivity index (χ1) is 15.5. The molecule has 32 heavy (non-hydrogen) atoms. The molecule has 0 aliphatic carbocycles. The second-order valence-electron chi connectivity index (χ2n) is 8.04. The maximum Gasteiger partial charge on any atom is 0.298 e. The molecule has 1 aliphatic heterocycles. The number of hydrogen-bond donors (Lipinski definition) is 1. The van der Waals surface area contributed by atoms with E-state index >= 15 is 0 Å². The Morgan fingerprint density at radius 2 is 2.12 bits per heavy atom. The number of nitrogens with zero attached hydrogens (tertiary/aromatic N) is 5. The molecule has 0 unspecified atom stereocenters. The van der Waals surface area contributed by atoms with Gasteiger partial charge in [0.15, 0.2) is 0 Å². The summed E-state index contributed by atoms with van der Waals surface area (Å²) < 4.78 is 7.34. The average Bonchev–Trinajstić information content (AvgIpc) is 3.22. The fraction of sp³-hybridized carbons (Fsp3) is 0.333. The zero-order valence-electron chi connectivity index (χ0n) is 18.1. The highest BCUT2D eigenvalue weighted by Gasteiger charge is 2.31. The van der Waals surface area contributed by atoms with Crippen molar-refractivity contribution in [2.75, 3.05) is 25.0 Å². The maximum atomic E-state index is 11.7. The van der Waals surface area contributed by atoms with Gasteiger partial charge in [0.05, 0.1) is 30.1 Å². The number of likely N-dealkylation sites (tertiary alicyclic amines) is 1. The minimum atomic E-state index is -0.258. The Balaban J connectivity index is 1.58. The summed E-state index contributed by atoms with van der Waals surface area (Å²) >= 11 is 0. The normalized spacial score (nSPS) is 15.1. The van der Waals surface area contributed by atoms with Crippen molar-refractivity contribution in [3.63, 3.8) is 0 Å². The van der Waals surface area contributed by atoms with Crippen molar-refractivity contribution < 1.29 is 9.53 Å². The van der Waals surface area contributed by atoms with E-state index in [-0.39, 0.29) is 11.4 Å². The molecule has 1 fully saturated rings. The third-order valence-electron chi connectivity index (χ3n) is 5.80. The molecule has 0 bridgehead atoms. The fourth-order valence-corrected chi connectivity index (χ4v) is 4.00. The van der Waals surface area contributed by atoms with Crippen molar-refractivity contribution in [2.45, 2.75) is 32.2 Å². The molecule has 0 atom stereocenters. The summed E-state index contributed by atoms with van der Waals surface area (Å²) in [5.41, 5.74) is 2.72. The Morgan fingerprint density at radius 1 is 1.34 bits per heavy atom. The van der Waals surface area contributed by atoms with E-state index < -0.39 is 0 Å². The number of anilines is 1. The molecule has 0 spiro atoms. The number of rotatable bonds is 5. The van der Waals surface area contributed by atoms with Crippen LogP contribution in [0.1, 0.15) is 32.3 Å². The van der Waals surface area contributed by atoms with Gasteiger partial charge in [-0.1, -0.05) is 0 Å². The van der Waals surface area contributed by atoms with Crippen molar-refractivity contribution in [3.05, 3.63) is 42.4 Å². The number of aromatic nitrogens is 3. The number of nitrogens with one attached hydrogen (secondary N) is 1. The van der Waals surface area contributed by atoms with Crippen LogP contribution in [0.25, 0.3) is 16.6 Å². The van der Waals surface area contributed by atoms with Crippen molar-refractivity contribution in [2.24, 2.45) is 0 Å². The zero-order valence-corrected chi connectivity index (χ0v) is 18.1. The van der Waals surface area contributed by atoms with Crippen molar-refractivity contribution in [1.29, 1.82) is 5.26 Å². The predicted octanol–water partition coefficient (Wildman–Crippen LogP) is 3.09. The fourth-order valence-electron chi connectivity index (χ4n) is 4.00. The van der Waals surface area contributed by atoms with Gasteiger partial charge in [-0.05, 0) is 50.8 Å². The molecule has 8 nitrogen and oxygen atoms in total.